The summed E-state index contributed by atoms with van der Waals surface area (Å²) in [6.07, 6.45) is 7.00. The quantitative estimate of drug-likeness (QED) is 0.474. The zero-order valence-electron chi connectivity index (χ0n) is 16.3. The van der Waals surface area contributed by atoms with E-state index in [9.17, 15) is 9.90 Å². The van der Waals surface area contributed by atoms with Crippen molar-refractivity contribution in [3.8, 4) is 11.5 Å². The van der Waals surface area contributed by atoms with Crippen molar-refractivity contribution in [2.24, 2.45) is 0 Å². The molecule has 0 spiro atoms. The van der Waals surface area contributed by atoms with E-state index in [2.05, 4.69) is 6.92 Å². The normalized spacial score (nSPS) is 11.2. The highest BCUT2D eigenvalue weighted by Crippen LogP contribution is 2.29. The van der Waals surface area contributed by atoms with Gasteiger partial charge in [-0.05, 0) is 50.1 Å². The lowest BCUT2D eigenvalue weighted by molar-refractivity contribution is 0.0699. The lowest BCUT2D eigenvalue weighted by atomic mass is 10.0. The molecule has 3 rings (SSSR count). The molecule has 27 heavy (non-hydrogen) atoms. The summed E-state index contributed by atoms with van der Waals surface area (Å²) < 4.78 is 5.97. The van der Waals surface area contributed by atoms with E-state index < -0.39 is 5.97 Å². The van der Waals surface area contributed by atoms with Crippen molar-refractivity contribution in [3.05, 3.63) is 52.8 Å². The Kier molecular flexibility index (Phi) is 5.94. The van der Waals surface area contributed by atoms with Gasteiger partial charge in [-0.15, -0.1) is 0 Å². The molecule has 0 aliphatic rings. The first-order valence-corrected chi connectivity index (χ1v) is 9.74. The van der Waals surface area contributed by atoms with Crippen molar-refractivity contribution >= 4 is 16.9 Å². The first kappa shape index (κ1) is 19.2. The predicted molar refractivity (Wildman–Crippen MR) is 108 cm³/mol. The number of pyridine rings is 1. The summed E-state index contributed by atoms with van der Waals surface area (Å²) in [7, 11) is 0. The van der Waals surface area contributed by atoms with Crippen molar-refractivity contribution in [2.45, 2.75) is 59.3 Å². The van der Waals surface area contributed by atoms with Crippen LogP contribution in [0, 0.1) is 13.8 Å². The molecule has 0 unspecified atom stereocenters. The van der Waals surface area contributed by atoms with E-state index in [1.54, 1.807) is 6.07 Å². The van der Waals surface area contributed by atoms with Gasteiger partial charge in [0.2, 0.25) is 0 Å². The summed E-state index contributed by atoms with van der Waals surface area (Å²) in [5.74, 6) is 0.611. The third kappa shape index (κ3) is 4.38. The highest BCUT2D eigenvalue weighted by atomic mass is 16.4. The number of rotatable bonds is 8. The van der Waals surface area contributed by atoms with Gasteiger partial charge in [0.15, 0.2) is 5.76 Å². The number of carboxylic acid groups (broad SMARTS) is 1. The first-order chi connectivity index (χ1) is 13.0. The van der Waals surface area contributed by atoms with Gasteiger partial charge in [-0.2, -0.15) is 0 Å². The molecule has 0 radical (unpaired) electrons. The Morgan fingerprint density at radius 2 is 1.85 bits per heavy atom. The molecular weight excluding hydrogens is 338 g/mol. The van der Waals surface area contributed by atoms with E-state index in [4.69, 9.17) is 9.40 Å². The topological polar surface area (TPSA) is 63.3 Å². The molecule has 142 valence electrons. The Hall–Kier alpha value is -2.62. The highest BCUT2D eigenvalue weighted by Gasteiger charge is 2.16. The van der Waals surface area contributed by atoms with Crippen LogP contribution >= 0.6 is 0 Å². The van der Waals surface area contributed by atoms with Crippen molar-refractivity contribution in [3.63, 3.8) is 0 Å². The maximum atomic E-state index is 11.8. The second kappa shape index (κ2) is 8.38. The molecule has 3 aromatic rings. The summed E-state index contributed by atoms with van der Waals surface area (Å²) in [6.45, 7) is 6.14. The molecule has 0 fully saturated rings. The molecule has 2 aromatic heterocycles. The van der Waals surface area contributed by atoms with Gasteiger partial charge >= 0.3 is 5.97 Å². The zero-order chi connectivity index (χ0) is 19.4. The Morgan fingerprint density at radius 3 is 2.59 bits per heavy atom. The van der Waals surface area contributed by atoms with Crippen LogP contribution in [0.4, 0.5) is 0 Å². The number of unbranched alkanes of at least 4 members (excludes halogenated alkanes) is 4. The first-order valence-electron chi connectivity index (χ1n) is 9.74. The fourth-order valence-corrected chi connectivity index (χ4v) is 3.54. The molecule has 0 saturated carbocycles. The average Bonchev–Trinajstić information content (AvgIpc) is 3.09. The number of carboxylic acids is 1. The van der Waals surface area contributed by atoms with Gasteiger partial charge in [0.25, 0.3) is 0 Å². The van der Waals surface area contributed by atoms with Crippen molar-refractivity contribution in [1.29, 1.82) is 0 Å². The van der Waals surface area contributed by atoms with Crippen molar-refractivity contribution in [1.82, 2.24) is 4.98 Å². The maximum absolute atomic E-state index is 11.8. The number of benzene rings is 1. The van der Waals surface area contributed by atoms with Crippen molar-refractivity contribution < 1.29 is 14.3 Å². The van der Waals surface area contributed by atoms with Gasteiger partial charge in [0.05, 0.1) is 11.1 Å². The smallest absolute Gasteiger partial charge is 0.336 e. The zero-order valence-corrected chi connectivity index (χ0v) is 16.3. The van der Waals surface area contributed by atoms with Crippen LogP contribution in [0.5, 0.6) is 0 Å². The molecule has 0 bridgehead atoms. The Labute approximate surface area is 160 Å². The summed E-state index contributed by atoms with van der Waals surface area (Å²) in [6, 6.07) is 9.39. The minimum atomic E-state index is -0.948. The Bertz CT molecular complexity index is 956. The number of aryl methyl sites for hydroxylation is 3. The number of nitrogens with zero attached hydrogens (tertiary/aromatic N) is 1. The standard InChI is InChI=1S/C23H27NO3/c1-4-5-6-7-8-9-17-10-11-21(27-17)20-14-19(23(25)26)18-13-15(2)12-16(3)22(18)24-20/h10-14H,4-9H2,1-3H3,(H,25,26). The Balaban J connectivity index is 1.90. The lowest BCUT2D eigenvalue weighted by Gasteiger charge is -2.09. The number of furan rings is 1. The lowest BCUT2D eigenvalue weighted by Crippen LogP contribution is -2.01. The number of hydrogen-bond donors (Lipinski definition) is 1. The molecular formula is C23H27NO3. The maximum Gasteiger partial charge on any atom is 0.336 e. The summed E-state index contributed by atoms with van der Waals surface area (Å²) in [5, 5.41) is 10.3. The molecule has 1 aromatic carbocycles. The van der Waals surface area contributed by atoms with Crippen LogP contribution in [0.15, 0.2) is 34.7 Å². The summed E-state index contributed by atoms with van der Waals surface area (Å²) >= 11 is 0. The van der Waals surface area contributed by atoms with Gasteiger partial charge in [-0.3, -0.25) is 0 Å². The van der Waals surface area contributed by atoms with Crippen LogP contribution in [0.2, 0.25) is 0 Å². The Morgan fingerprint density at radius 1 is 1.07 bits per heavy atom. The third-order valence-corrected chi connectivity index (χ3v) is 4.92. The van der Waals surface area contributed by atoms with E-state index in [-0.39, 0.29) is 5.56 Å². The van der Waals surface area contributed by atoms with Crippen LogP contribution in [0.25, 0.3) is 22.4 Å². The minimum Gasteiger partial charge on any atom is -0.478 e. The van der Waals surface area contributed by atoms with Crippen LogP contribution in [-0.4, -0.2) is 16.1 Å². The molecule has 1 N–H and O–H groups in total. The number of carbonyl (C=O) groups is 1. The molecule has 4 heteroatoms. The molecule has 4 nitrogen and oxygen atoms in total. The SMILES string of the molecule is CCCCCCCc1ccc(-c2cc(C(=O)O)c3cc(C)cc(C)c3n2)o1. The monoisotopic (exact) mass is 365 g/mol. The second-order valence-corrected chi connectivity index (χ2v) is 7.27. The van der Waals surface area contributed by atoms with Gasteiger partial charge in [-0.1, -0.05) is 44.2 Å². The molecule has 0 aliphatic carbocycles. The van der Waals surface area contributed by atoms with E-state index in [1.807, 2.05) is 38.1 Å². The number of hydrogen-bond acceptors (Lipinski definition) is 3. The number of aromatic carboxylic acids is 1. The van der Waals surface area contributed by atoms with E-state index >= 15 is 0 Å². The highest BCUT2D eigenvalue weighted by molar-refractivity contribution is 6.04. The van der Waals surface area contributed by atoms with Crippen LogP contribution in [-0.2, 0) is 6.42 Å². The minimum absolute atomic E-state index is 0.263. The van der Waals surface area contributed by atoms with E-state index in [0.29, 0.717) is 22.4 Å². The number of aromatic nitrogens is 1. The third-order valence-electron chi connectivity index (χ3n) is 4.92. The van der Waals surface area contributed by atoms with Crippen molar-refractivity contribution in [2.75, 3.05) is 0 Å². The molecule has 2 heterocycles. The molecule has 0 atom stereocenters. The fourth-order valence-electron chi connectivity index (χ4n) is 3.54. The van der Waals surface area contributed by atoms with E-state index in [1.165, 1.54) is 25.7 Å². The predicted octanol–water partition coefficient (Wildman–Crippen LogP) is 6.32. The fraction of sp³-hybridized carbons (Fsp3) is 0.391. The van der Waals surface area contributed by atoms with Gasteiger partial charge in [-0.25, -0.2) is 9.78 Å². The largest absolute Gasteiger partial charge is 0.478 e. The van der Waals surface area contributed by atoms with Gasteiger partial charge in [0, 0.05) is 11.8 Å². The summed E-state index contributed by atoms with van der Waals surface area (Å²) in [5.41, 5.74) is 3.55. The summed E-state index contributed by atoms with van der Waals surface area (Å²) in [4.78, 5) is 16.5. The van der Waals surface area contributed by atoms with Crippen LogP contribution < -0.4 is 0 Å². The molecule has 0 amide bonds. The van der Waals surface area contributed by atoms with Gasteiger partial charge in [0.1, 0.15) is 11.5 Å². The number of fused-ring (bicyclic) bond motifs is 1. The molecule has 0 aliphatic heterocycles. The average molecular weight is 365 g/mol. The van der Waals surface area contributed by atoms with E-state index in [0.717, 1.165) is 29.7 Å². The van der Waals surface area contributed by atoms with Crippen LogP contribution in [0.3, 0.4) is 0 Å². The van der Waals surface area contributed by atoms with Crippen LogP contribution in [0.1, 0.15) is 66.3 Å². The van der Waals surface area contributed by atoms with Gasteiger partial charge < -0.3 is 9.52 Å². The second-order valence-electron chi connectivity index (χ2n) is 7.27. The molecule has 0 saturated heterocycles.